The van der Waals surface area contributed by atoms with E-state index in [1.54, 1.807) is 12.1 Å². The number of hydrogen-bond acceptors (Lipinski definition) is 4. The predicted octanol–water partition coefficient (Wildman–Crippen LogP) is 4.18. The van der Waals surface area contributed by atoms with Crippen molar-refractivity contribution in [3.63, 3.8) is 0 Å². The highest BCUT2D eigenvalue weighted by Gasteiger charge is 2.16. The van der Waals surface area contributed by atoms with Crippen LogP contribution in [0.2, 0.25) is 0 Å². The Bertz CT molecular complexity index is 1240. The van der Waals surface area contributed by atoms with Crippen LogP contribution in [-0.2, 0) is 29.0 Å². The van der Waals surface area contributed by atoms with Crippen molar-refractivity contribution in [3.05, 3.63) is 107 Å². The van der Waals surface area contributed by atoms with E-state index in [0.29, 0.717) is 24.9 Å². The molecule has 0 fully saturated rings. The Kier molecular flexibility index (Phi) is 8.85. The smallest absolute Gasteiger partial charge is 0.338 e. The number of esters is 1. The maximum atomic E-state index is 12.5. The molecule has 1 atom stereocenters. The lowest BCUT2D eigenvalue weighted by Crippen LogP contribution is -2.42. The molecule has 1 amide bonds. The number of nitrogens with one attached hydrogen (secondary N) is 2. The fourth-order valence-electron chi connectivity index (χ4n) is 3.75. The van der Waals surface area contributed by atoms with Gasteiger partial charge in [0.1, 0.15) is 6.61 Å². The lowest BCUT2D eigenvalue weighted by Gasteiger charge is -2.12. The van der Waals surface area contributed by atoms with Gasteiger partial charge in [-0.05, 0) is 47.7 Å². The van der Waals surface area contributed by atoms with Crippen LogP contribution in [-0.4, -0.2) is 29.4 Å². The number of benzene rings is 3. The minimum absolute atomic E-state index is 0. The first-order chi connectivity index (χ1) is 16.1. The number of rotatable bonds is 9. The molecule has 0 aliphatic carbocycles. The molecular weight excluding hydrogens is 450 g/mol. The summed E-state index contributed by atoms with van der Waals surface area (Å²) < 4.78 is 5.40. The number of amides is 1. The third-order valence-corrected chi connectivity index (χ3v) is 5.54. The lowest BCUT2D eigenvalue weighted by molar-refractivity contribution is -0.122. The molecule has 1 heterocycles. The Morgan fingerprint density at radius 2 is 1.68 bits per heavy atom. The summed E-state index contributed by atoms with van der Waals surface area (Å²) in [6.45, 7) is 0.664. The van der Waals surface area contributed by atoms with E-state index in [9.17, 15) is 9.59 Å². The van der Waals surface area contributed by atoms with Gasteiger partial charge >= 0.3 is 5.97 Å². The van der Waals surface area contributed by atoms with Crippen molar-refractivity contribution < 1.29 is 14.3 Å². The van der Waals surface area contributed by atoms with Gasteiger partial charge in [-0.25, -0.2) is 4.79 Å². The average molecular weight is 478 g/mol. The van der Waals surface area contributed by atoms with Gasteiger partial charge in [-0.1, -0.05) is 60.7 Å². The van der Waals surface area contributed by atoms with Gasteiger partial charge in [0.15, 0.2) is 0 Å². The number of carbonyl (C=O) groups is 2. The first kappa shape index (κ1) is 25.0. The molecule has 34 heavy (non-hydrogen) atoms. The van der Waals surface area contributed by atoms with Crippen LogP contribution in [0, 0.1) is 0 Å². The van der Waals surface area contributed by atoms with Crippen molar-refractivity contribution in [1.82, 2.24) is 10.3 Å². The van der Waals surface area contributed by atoms with E-state index in [-0.39, 0.29) is 30.9 Å². The first-order valence-corrected chi connectivity index (χ1v) is 11.0. The number of halogens is 1. The standard InChI is InChI=1S/C27H27N3O3.ClH/c28-24(16-22-17-30-25-12-5-4-11-23(22)25)26(31)29-14-13-19-9-6-10-21(15-19)27(32)33-18-20-7-2-1-3-8-20;/h1-12,15,17,24,30H,13-14,16,18,28H2,(H,29,31);1H/t24-;/m0./s1. The quantitative estimate of drug-likeness (QED) is 0.315. The van der Waals surface area contributed by atoms with Gasteiger partial charge < -0.3 is 20.8 Å². The summed E-state index contributed by atoms with van der Waals surface area (Å²) in [5, 5.41) is 3.98. The van der Waals surface area contributed by atoms with Crippen LogP contribution in [0.25, 0.3) is 10.9 Å². The van der Waals surface area contributed by atoms with E-state index in [0.717, 1.165) is 27.6 Å². The van der Waals surface area contributed by atoms with Crippen LogP contribution in [0.1, 0.15) is 27.0 Å². The van der Waals surface area contributed by atoms with Gasteiger partial charge in [-0.2, -0.15) is 0 Å². The van der Waals surface area contributed by atoms with E-state index in [1.807, 2.05) is 72.9 Å². The monoisotopic (exact) mass is 477 g/mol. The molecule has 3 aromatic carbocycles. The molecule has 0 aliphatic heterocycles. The number of nitrogens with two attached hydrogens (primary N) is 1. The van der Waals surface area contributed by atoms with Gasteiger partial charge in [-0.15, -0.1) is 12.4 Å². The third kappa shape index (κ3) is 6.47. The molecule has 0 aliphatic rings. The SMILES string of the molecule is Cl.N[C@@H](Cc1c[nH]c2ccccc12)C(=O)NCCc1cccc(C(=O)OCc2ccccc2)c1. The summed E-state index contributed by atoms with van der Waals surface area (Å²) in [7, 11) is 0. The largest absolute Gasteiger partial charge is 0.457 e. The summed E-state index contributed by atoms with van der Waals surface area (Å²) in [6.07, 6.45) is 2.95. The van der Waals surface area contributed by atoms with Gasteiger partial charge in [-0.3, -0.25) is 4.79 Å². The summed E-state index contributed by atoms with van der Waals surface area (Å²) in [6, 6.07) is 24.1. The molecule has 0 saturated carbocycles. The zero-order chi connectivity index (χ0) is 23.0. The van der Waals surface area contributed by atoms with E-state index >= 15 is 0 Å². The number of fused-ring (bicyclic) bond motifs is 1. The van der Waals surface area contributed by atoms with Crippen molar-refractivity contribution in [2.24, 2.45) is 5.73 Å². The summed E-state index contributed by atoms with van der Waals surface area (Å²) in [5.74, 6) is -0.566. The Labute approximate surface area is 204 Å². The normalized spacial score (nSPS) is 11.4. The maximum absolute atomic E-state index is 12.5. The summed E-state index contributed by atoms with van der Waals surface area (Å²) in [4.78, 5) is 28.0. The van der Waals surface area contributed by atoms with Gasteiger partial charge in [0.2, 0.25) is 5.91 Å². The topological polar surface area (TPSA) is 97.2 Å². The third-order valence-electron chi connectivity index (χ3n) is 5.54. The number of aromatic nitrogens is 1. The molecule has 0 saturated heterocycles. The van der Waals surface area contributed by atoms with Crippen LogP contribution in [0.3, 0.4) is 0 Å². The number of aromatic amines is 1. The Balaban J connectivity index is 0.00000324. The lowest BCUT2D eigenvalue weighted by atomic mass is 10.0. The maximum Gasteiger partial charge on any atom is 0.338 e. The fourth-order valence-corrected chi connectivity index (χ4v) is 3.75. The zero-order valence-corrected chi connectivity index (χ0v) is 19.5. The zero-order valence-electron chi connectivity index (χ0n) is 18.7. The van der Waals surface area contributed by atoms with E-state index < -0.39 is 6.04 Å². The summed E-state index contributed by atoms with van der Waals surface area (Å²) >= 11 is 0. The molecule has 1 aromatic heterocycles. The molecule has 0 spiro atoms. The van der Waals surface area contributed by atoms with E-state index in [4.69, 9.17) is 10.5 Å². The molecular formula is C27H28ClN3O3. The average Bonchev–Trinajstić information content (AvgIpc) is 3.26. The van der Waals surface area contributed by atoms with Crippen molar-refractivity contribution in [3.8, 4) is 0 Å². The number of H-pyrrole nitrogens is 1. The van der Waals surface area contributed by atoms with Crippen molar-refractivity contribution in [1.29, 1.82) is 0 Å². The highest BCUT2D eigenvalue weighted by molar-refractivity contribution is 5.89. The number of hydrogen-bond donors (Lipinski definition) is 3. The molecule has 7 heteroatoms. The van der Waals surface area contributed by atoms with Crippen molar-refractivity contribution in [2.45, 2.75) is 25.5 Å². The van der Waals surface area contributed by atoms with Gasteiger partial charge in [0.25, 0.3) is 0 Å². The fraction of sp³-hybridized carbons (Fsp3) is 0.185. The van der Waals surface area contributed by atoms with Crippen LogP contribution in [0.5, 0.6) is 0 Å². The summed E-state index contributed by atoms with van der Waals surface area (Å²) in [5.41, 5.74) is 10.6. The molecule has 4 rings (SSSR count). The van der Waals surface area contributed by atoms with Crippen molar-refractivity contribution >= 4 is 35.2 Å². The molecule has 0 bridgehead atoms. The Morgan fingerprint density at radius 1 is 0.941 bits per heavy atom. The predicted molar refractivity (Wildman–Crippen MR) is 136 cm³/mol. The van der Waals surface area contributed by atoms with Crippen LogP contribution in [0.4, 0.5) is 0 Å². The first-order valence-electron chi connectivity index (χ1n) is 11.0. The molecule has 176 valence electrons. The minimum atomic E-state index is -0.636. The van der Waals surface area contributed by atoms with E-state index in [2.05, 4.69) is 10.3 Å². The van der Waals surface area contributed by atoms with Crippen LogP contribution in [0.15, 0.2) is 85.1 Å². The van der Waals surface area contributed by atoms with E-state index in [1.165, 1.54) is 0 Å². The molecule has 4 aromatic rings. The van der Waals surface area contributed by atoms with Crippen LogP contribution >= 0.6 is 12.4 Å². The van der Waals surface area contributed by atoms with Crippen molar-refractivity contribution in [2.75, 3.05) is 6.54 Å². The second kappa shape index (κ2) is 12.0. The number of para-hydroxylation sites is 1. The van der Waals surface area contributed by atoms with Gasteiger partial charge in [0.05, 0.1) is 11.6 Å². The number of carbonyl (C=O) groups excluding carboxylic acids is 2. The van der Waals surface area contributed by atoms with Crippen LogP contribution < -0.4 is 11.1 Å². The van der Waals surface area contributed by atoms with Gasteiger partial charge in [0, 0.05) is 23.6 Å². The molecule has 6 nitrogen and oxygen atoms in total. The second-order valence-electron chi connectivity index (χ2n) is 7.97. The highest BCUT2D eigenvalue weighted by atomic mass is 35.5. The second-order valence-corrected chi connectivity index (χ2v) is 7.97. The Morgan fingerprint density at radius 3 is 2.50 bits per heavy atom. The minimum Gasteiger partial charge on any atom is -0.457 e. The number of ether oxygens (including phenoxy) is 1. The molecule has 4 N–H and O–H groups in total. The molecule has 0 radical (unpaired) electrons. The molecule has 0 unspecified atom stereocenters. The Hall–Kier alpha value is -3.61. The highest BCUT2D eigenvalue weighted by Crippen LogP contribution is 2.18.